The number of thioether (sulfide) groups is 1. The third-order valence-electron chi connectivity index (χ3n) is 6.19. The fourth-order valence-electron chi connectivity index (χ4n) is 4.41. The van der Waals surface area contributed by atoms with Crippen molar-refractivity contribution in [1.29, 1.82) is 0 Å². The van der Waals surface area contributed by atoms with Crippen LogP contribution in [-0.4, -0.2) is 36.6 Å². The van der Waals surface area contributed by atoms with Crippen LogP contribution in [0.25, 0.3) is 0 Å². The molecule has 3 aromatic rings. The number of hydrogen-bond acceptors (Lipinski definition) is 7. The van der Waals surface area contributed by atoms with E-state index < -0.39 is 0 Å². The Balaban J connectivity index is 1.14. The first-order valence-electron chi connectivity index (χ1n) is 10.9. The highest BCUT2D eigenvalue weighted by atomic mass is 32.2. The van der Waals surface area contributed by atoms with E-state index in [1.54, 1.807) is 0 Å². The van der Waals surface area contributed by atoms with Gasteiger partial charge >= 0.3 is 0 Å². The normalized spacial score (nSPS) is 21.2. The Morgan fingerprint density at radius 2 is 1.90 bits per heavy atom. The van der Waals surface area contributed by atoms with Gasteiger partial charge in [-0.05, 0) is 30.7 Å². The van der Waals surface area contributed by atoms with Gasteiger partial charge in [0.25, 0.3) is 0 Å². The summed E-state index contributed by atoms with van der Waals surface area (Å²) in [7, 11) is 1.98. The molecule has 0 aliphatic heterocycles. The molecule has 1 N–H and O–H groups in total. The first-order chi connectivity index (χ1) is 15.2. The summed E-state index contributed by atoms with van der Waals surface area (Å²) in [6.07, 6.45) is 7.29. The van der Waals surface area contributed by atoms with Crippen molar-refractivity contribution < 1.29 is 4.79 Å². The van der Waals surface area contributed by atoms with Gasteiger partial charge in [-0.25, -0.2) is 0 Å². The fourth-order valence-corrected chi connectivity index (χ4v) is 6.06. The first kappa shape index (κ1) is 20.6. The van der Waals surface area contributed by atoms with Gasteiger partial charge in [0, 0.05) is 18.9 Å². The van der Waals surface area contributed by atoms with Gasteiger partial charge in [0.05, 0.1) is 5.75 Å². The van der Waals surface area contributed by atoms with Crippen LogP contribution in [0, 0.1) is 0 Å². The number of amides is 1. The van der Waals surface area contributed by atoms with Crippen molar-refractivity contribution >= 4 is 34.1 Å². The van der Waals surface area contributed by atoms with Crippen LogP contribution in [0.5, 0.6) is 0 Å². The number of carbonyl (C=O) groups excluding carboxylic acids is 1. The van der Waals surface area contributed by atoms with Crippen molar-refractivity contribution in [3.63, 3.8) is 0 Å². The predicted molar refractivity (Wildman–Crippen MR) is 123 cm³/mol. The van der Waals surface area contributed by atoms with Crippen molar-refractivity contribution in [2.75, 3.05) is 11.1 Å². The predicted octanol–water partition coefficient (Wildman–Crippen LogP) is 4.72. The molecule has 2 aliphatic rings. The number of hydrogen-bond donors (Lipinski definition) is 1. The summed E-state index contributed by atoms with van der Waals surface area (Å²) >= 11 is 2.92. The van der Waals surface area contributed by atoms with Crippen LogP contribution in [0.4, 0.5) is 5.13 Å². The highest BCUT2D eigenvalue weighted by molar-refractivity contribution is 7.99. The van der Waals surface area contributed by atoms with E-state index in [0.717, 1.165) is 22.4 Å². The molecule has 2 saturated carbocycles. The lowest BCUT2D eigenvalue weighted by atomic mass is 9.90. The average Bonchev–Trinajstić information content (AvgIpc) is 3.31. The van der Waals surface area contributed by atoms with Crippen molar-refractivity contribution in [1.82, 2.24) is 25.0 Å². The number of rotatable bonds is 7. The zero-order valence-corrected chi connectivity index (χ0v) is 19.2. The molecule has 162 valence electrons. The minimum absolute atomic E-state index is 0.0884. The number of carbonyl (C=O) groups is 1. The van der Waals surface area contributed by atoms with E-state index in [4.69, 9.17) is 0 Å². The maximum atomic E-state index is 12.4. The second-order valence-electron chi connectivity index (χ2n) is 8.38. The highest BCUT2D eigenvalue weighted by Crippen LogP contribution is 2.54. The van der Waals surface area contributed by atoms with E-state index in [-0.39, 0.29) is 11.7 Å². The van der Waals surface area contributed by atoms with Crippen LogP contribution < -0.4 is 5.32 Å². The second kappa shape index (κ2) is 9.08. The third kappa shape index (κ3) is 4.67. The van der Waals surface area contributed by atoms with E-state index in [1.165, 1.54) is 60.8 Å². The summed E-state index contributed by atoms with van der Waals surface area (Å²) in [6, 6.07) is 10.6. The number of aromatic nitrogens is 5. The Kier molecular flexibility index (Phi) is 6.04. The van der Waals surface area contributed by atoms with Gasteiger partial charge in [0.15, 0.2) is 5.16 Å². The summed E-state index contributed by atoms with van der Waals surface area (Å²) < 4.78 is 2.03. The molecule has 1 amide bonds. The summed E-state index contributed by atoms with van der Waals surface area (Å²) in [4.78, 5) is 12.4. The molecule has 1 aromatic carbocycles. The molecule has 0 saturated heterocycles. The van der Waals surface area contributed by atoms with Crippen molar-refractivity contribution in [2.45, 2.75) is 61.4 Å². The number of benzene rings is 1. The van der Waals surface area contributed by atoms with Gasteiger partial charge in [0.1, 0.15) is 10.8 Å². The summed E-state index contributed by atoms with van der Waals surface area (Å²) in [6.45, 7) is 0. The smallest absolute Gasteiger partial charge is 0.236 e. The molecule has 2 aromatic heterocycles. The second-order valence-corrected chi connectivity index (χ2v) is 10.3. The van der Waals surface area contributed by atoms with Gasteiger partial charge in [-0.3, -0.25) is 10.1 Å². The Morgan fingerprint density at radius 3 is 2.71 bits per heavy atom. The van der Waals surface area contributed by atoms with E-state index in [0.29, 0.717) is 22.9 Å². The van der Waals surface area contributed by atoms with Crippen LogP contribution in [0.2, 0.25) is 0 Å². The Bertz CT molecular complexity index is 1040. The van der Waals surface area contributed by atoms with Gasteiger partial charge in [-0.15, -0.1) is 20.4 Å². The lowest BCUT2D eigenvalue weighted by molar-refractivity contribution is -0.113. The van der Waals surface area contributed by atoms with E-state index in [1.807, 2.05) is 17.7 Å². The van der Waals surface area contributed by atoms with Crippen LogP contribution in [-0.2, 0) is 11.8 Å². The van der Waals surface area contributed by atoms with Crippen LogP contribution in [0.15, 0.2) is 35.5 Å². The molecule has 2 atom stereocenters. The van der Waals surface area contributed by atoms with Gasteiger partial charge in [-0.2, -0.15) is 0 Å². The summed E-state index contributed by atoms with van der Waals surface area (Å²) in [5, 5.41) is 22.5. The van der Waals surface area contributed by atoms with Crippen LogP contribution in [0.1, 0.15) is 72.7 Å². The van der Waals surface area contributed by atoms with Crippen molar-refractivity contribution in [3.05, 3.63) is 46.7 Å². The monoisotopic (exact) mass is 454 g/mol. The molecule has 0 radical (unpaired) electrons. The minimum atomic E-state index is -0.0884. The maximum absolute atomic E-state index is 12.4. The number of nitrogens with one attached hydrogen (secondary N) is 1. The molecule has 9 heteroatoms. The van der Waals surface area contributed by atoms with Crippen LogP contribution in [0.3, 0.4) is 0 Å². The van der Waals surface area contributed by atoms with Gasteiger partial charge in [0.2, 0.25) is 11.0 Å². The van der Waals surface area contributed by atoms with E-state index in [2.05, 4.69) is 50.0 Å². The Morgan fingerprint density at radius 1 is 1.10 bits per heavy atom. The molecule has 0 spiro atoms. The molecule has 2 heterocycles. The topological polar surface area (TPSA) is 85.6 Å². The van der Waals surface area contributed by atoms with Gasteiger partial charge in [-0.1, -0.05) is 72.7 Å². The molecule has 5 rings (SSSR count). The summed E-state index contributed by atoms with van der Waals surface area (Å²) in [5.41, 5.74) is 1.36. The largest absolute Gasteiger partial charge is 0.309 e. The lowest BCUT2D eigenvalue weighted by Crippen LogP contribution is -2.14. The molecule has 7 nitrogen and oxygen atoms in total. The highest BCUT2D eigenvalue weighted by Gasteiger charge is 2.42. The number of nitrogens with zero attached hydrogens (tertiary/aromatic N) is 5. The van der Waals surface area contributed by atoms with E-state index in [9.17, 15) is 4.79 Å². The van der Waals surface area contributed by atoms with E-state index >= 15 is 0 Å². The Labute approximate surface area is 190 Å². The SMILES string of the molecule is Cn1c(SCC(=O)Nc2nnc(C3CCCCC3)s2)nnc1C1CC1c1ccccc1. The van der Waals surface area contributed by atoms with Crippen LogP contribution >= 0.6 is 23.1 Å². The zero-order chi connectivity index (χ0) is 21.2. The Hall–Kier alpha value is -2.26. The fraction of sp³-hybridized carbons (Fsp3) is 0.500. The third-order valence-corrected chi connectivity index (χ3v) is 8.21. The molecule has 2 fully saturated rings. The zero-order valence-electron chi connectivity index (χ0n) is 17.5. The molecule has 2 unspecified atom stereocenters. The lowest BCUT2D eigenvalue weighted by Gasteiger charge is -2.18. The molecule has 0 bridgehead atoms. The minimum Gasteiger partial charge on any atom is -0.309 e. The first-order valence-corrected chi connectivity index (χ1v) is 12.7. The average molecular weight is 455 g/mol. The standard InChI is InChI=1S/C22H26N6OS2/c1-28-19(17-12-16(17)14-8-4-2-5-9-14)24-27-22(28)30-13-18(29)23-21-26-25-20(31-21)15-10-6-3-7-11-15/h2,4-5,8-9,15-17H,3,6-7,10-13H2,1H3,(H,23,26,29). The maximum Gasteiger partial charge on any atom is 0.236 e. The molecular formula is C22H26N6OS2. The number of anilines is 1. The van der Waals surface area contributed by atoms with Gasteiger partial charge < -0.3 is 4.57 Å². The summed E-state index contributed by atoms with van der Waals surface area (Å²) in [5.74, 6) is 2.61. The molecule has 31 heavy (non-hydrogen) atoms. The van der Waals surface area contributed by atoms with Crippen molar-refractivity contribution in [3.8, 4) is 0 Å². The molecule has 2 aliphatic carbocycles. The molecular weight excluding hydrogens is 428 g/mol. The van der Waals surface area contributed by atoms with Crippen molar-refractivity contribution in [2.24, 2.45) is 7.05 Å². The quantitative estimate of drug-likeness (QED) is 0.520.